The minimum absolute atomic E-state index is 0.0391. The number of hydrogen-bond acceptors (Lipinski definition) is 4. The summed E-state index contributed by atoms with van der Waals surface area (Å²) >= 11 is 11.5. The molecule has 0 radical (unpaired) electrons. The normalized spacial score (nSPS) is 10.0. The molecule has 1 aromatic carbocycles. The summed E-state index contributed by atoms with van der Waals surface area (Å²) in [7, 11) is 0. The molecule has 17 heavy (non-hydrogen) atoms. The predicted molar refractivity (Wildman–Crippen MR) is 65.0 cm³/mol. The van der Waals surface area contributed by atoms with Crippen LogP contribution in [0.25, 0.3) is 0 Å². The van der Waals surface area contributed by atoms with Gasteiger partial charge >= 0.3 is 5.97 Å². The van der Waals surface area contributed by atoms with E-state index in [1.54, 1.807) is 0 Å². The maximum atomic E-state index is 11.5. The highest BCUT2D eigenvalue weighted by Gasteiger charge is 2.12. The number of hydrogen-bond donors (Lipinski definition) is 2. The molecule has 0 aliphatic rings. The van der Waals surface area contributed by atoms with Crippen LogP contribution in [-0.2, 0) is 9.53 Å². The zero-order valence-corrected chi connectivity index (χ0v) is 10.2. The number of carbonyl (C=O) groups excluding carboxylic acids is 2. The lowest BCUT2D eigenvalue weighted by Gasteiger charge is -2.06. The number of anilines is 1. The van der Waals surface area contributed by atoms with E-state index in [0.717, 1.165) is 0 Å². The quantitative estimate of drug-likeness (QED) is 0.645. The van der Waals surface area contributed by atoms with Crippen LogP contribution in [-0.4, -0.2) is 18.5 Å². The highest BCUT2D eigenvalue weighted by molar-refractivity contribution is 6.43. The van der Waals surface area contributed by atoms with Gasteiger partial charge in [-0.3, -0.25) is 4.79 Å². The van der Waals surface area contributed by atoms with Crippen molar-refractivity contribution < 1.29 is 14.3 Å². The van der Waals surface area contributed by atoms with Crippen molar-refractivity contribution in [3.05, 3.63) is 27.7 Å². The maximum absolute atomic E-state index is 11.5. The first-order chi connectivity index (χ1) is 7.91. The Balaban J connectivity index is 2.73. The average Bonchev–Trinajstić information content (AvgIpc) is 2.24. The molecule has 0 aliphatic heterocycles. The molecule has 5 nitrogen and oxygen atoms in total. The van der Waals surface area contributed by atoms with Crippen molar-refractivity contribution in [2.24, 2.45) is 5.73 Å². The second-order valence-corrected chi connectivity index (χ2v) is 4.00. The zero-order chi connectivity index (χ0) is 13.0. The molecule has 0 saturated heterocycles. The van der Waals surface area contributed by atoms with Gasteiger partial charge in [-0.25, -0.2) is 4.79 Å². The van der Waals surface area contributed by atoms with Gasteiger partial charge in [-0.05, 0) is 12.1 Å². The molecular weight excluding hydrogens is 267 g/mol. The summed E-state index contributed by atoms with van der Waals surface area (Å²) in [6, 6.07) is 2.69. The molecule has 1 amide bonds. The summed E-state index contributed by atoms with van der Waals surface area (Å²) in [5.41, 5.74) is 10.8. The average molecular weight is 277 g/mol. The number of rotatable bonds is 4. The summed E-state index contributed by atoms with van der Waals surface area (Å²) in [4.78, 5) is 22.0. The SMILES string of the molecule is NC(=O)CCOC(=O)c1cc(N)c(Cl)c(Cl)c1. The number of benzene rings is 1. The zero-order valence-electron chi connectivity index (χ0n) is 8.70. The van der Waals surface area contributed by atoms with Crippen molar-refractivity contribution in [2.75, 3.05) is 12.3 Å². The molecule has 7 heteroatoms. The van der Waals surface area contributed by atoms with Gasteiger partial charge in [0, 0.05) is 0 Å². The van der Waals surface area contributed by atoms with Crippen LogP contribution < -0.4 is 11.5 Å². The molecule has 0 bridgehead atoms. The Morgan fingerprint density at radius 3 is 2.47 bits per heavy atom. The molecule has 0 spiro atoms. The van der Waals surface area contributed by atoms with Crippen molar-refractivity contribution in [1.82, 2.24) is 0 Å². The fraction of sp³-hybridized carbons (Fsp3) is 0.200. The number of primary amides is 1. The lowest BCUT2D eigenvalue weighted by atomic mass is 10.2. The summed E-state index contributed by atoms with van der Waals surface area (Å²) in [6.07, 6.45) is -0.0391. The van der Waals surface area contributed by atoms with Crippen molar-refractivity contribution >= 4 is 40.8 Å². The van der Waals surface area contributed by atoms with E-state index in [1.165, 1.54) is 12.1 Å². The molecule has 0 aliphatic carbocycles. The largest absolute Gasteiger partial charge is 0.462 e. The molecule has 92 valence electrons. The number of esters is 1. The van der Waals surface area contributed by atoms with Crippen molar-refractivity contribution in [2.45, 2.75) is 6.42 Å². The molecule has 4 N–H and O–H groups in total. The summed E-state index contributed by atoms with van der Waals surface area (Å²) in [6.45, 7) is -0.0890. The summed E-state index contributed by atoms with van der Waals surface area (Å²) in [5, 5.41) is 0.342. The van der Waals surface area contributed by atoms with E-state index < -0.39 is 11.9 Å². The number of amides is 1. The molecule has 1 aromatic rings. The topological polar surface area (TPSA) is 95.4 Å². The van der Waals surface area contributed by atoms with Gasteiger partial charge in [-0.2, -0.15) is 0 Å². The van der Waals surface area contributed by atoms with Crippen molar-refractivity contribution in [3.8, 4) is 0 Å². The summed E-state index contributed by atoms with van der Waals surface area (Å²) in [5.74, 6) is -1.19. The Labute approximate surface area is 108 Å². The Bertz CT molecular complexity index is 440. The monoisotopic (exact) mass is 276 g/mol. The second kappa shape index (κ2) is 5.75. The Kier molecular flexibility index (Phi) is 4.60. The third kappa shape index (κ3) is 3.80. The van der Waals surface area contributed by atoms with Gasteiger partial charge in [-0.1, -0.05) is 23.2 Å². The minimum atomic E-state index is -0.642. The van der Waals surface area contributed by atoms with Crippen LogP contribution >= 0.6 is 23.2 Å². The minimum Gasteiger partial charge on any atom is -0.462 e. The molecule has 1 rings (SSSR count). The van der Waals surface area contributed by atoms with Crippen molar-refractivity contribution in [1.29, 1.82) is 0 Å². The van der Waals surface area contributed by atoms with Crippen LogP contribution in [0, 0.1) is 0 Å². The Morgan fingerprint density at radius 1 is 1.29 bits per heavy atom. The first-order valence-corrected chi connectivity index (χ1v) is 5.37. The van der Waals surface area contributed by atoms with E-state index in [0.29, 0.717) is 0 Å². The van der Waals surface area contributed by atoms with Crippen LogP contribution in [0.5, 0.6) is 0 Å². The van der Waals surface area contributed by atoms with E-state index in [1.807, 2.05) is 0 Å². The molecular formula is C10H10Cl2N2O3. The van der Waals surface area contributed by atoms with Gasteiger partial charge < -0.3 is 16.2 Å². The predicted octanol–water partition coefficient (Wildman–Crippen LogP) is 1.61. The van der Waals surface area contributed by atoms with Gasteiger partial charge in [0.2, 0.25) is 5.91 Å². The van der Waals surface area contributed by atoms with E-state index in [2.05, 4.69) is 0 Å². The lowest BCUT2D eigenvalue weighted by Crippen LogP contribution is -2.15. The number of nitrogens with two attached hydrogens (primary N) is 2. The van der Waals surface area contributed by atoms with Crippen molar-refractivity contribution in [3.63, 3.8) is 0 Å². The maximum Gasteiger partial charge on any atom is 0.338 e. The van der Waals surface area contributed by atoms with Crippen LogP contribution in [0.1, 0.15) is 16.8 Å². The summed E-state index contributed by atoms with van der Waals surface area (Å²) < 4.78 is 4.79. The second-order valence-electron chi connectivity index (χ2n) is 3.21. The van der Waals surface area contributed by atoms with Crippen LogP contribution in [0.4, 0.5) is 5.69 Å². The van der Waals surface area contributed by atoms with Crippen LogP contribution in [0.2, 0.25) is 10.0 Å². The third-order valence-corrected chi connectivity index (χ3v) is 2.69. The number of carbonyl (C=O) groups is 2. The van der Waals surface area contributed by atoms with E-state index in [9.17, 15) is 9.59 Å². The molecule has 0 saturated carbocycles. The van der Waals surface area contributed by atoms with Gasteiger partial charge in [0.05, 0.1) is 27.7 Å². The highest BCUT2D eigenvalue weighted by atomic mass is 35.5. The number of halogens is 2. The molecule has 0 atom stereocenters. The molecule has 0 aromatic heterocycles. The first-order valence-electron chi connectivity index (χ1n) is 4.61. The van der Waals surface area contributed by atoms with Crippen LogP contribution in [0.3, 0.4) is 0 Å². The smallest absolute Gasteiger partial charge is 0.338 e. The van der Waals surface area contributed by atoms with Gasteiger partial charge in [-0.15, -0.1) is 0 Å². The number of ether oxygens (including phenoxy) is 1. The van der Waals surface area contributed by atoms with E-state index in [4.69, 9.17) is 39.4 Å². The Morgan fingerprint density at radius 2 is 1.94 bits per heavy atom. The van der Waals surface area contributed by atoms with Gasteiger partial charge in [0.1, 0.15) is 6.61 Å². The fourth-order valence-electron chi connectivity index (χ4n) is 1.06. The third-order valence-electron chi connectivity index (χ3n) is 1.87. The number of nitrogen functional groups attached to an aromatic ring is 1. The molecule has 0 fully saturated rings. The molecule has 0 unspecified atom stereocenters. The lowest BCUT2D eigenvalue weighted by molar-refractivity contribution is -0.118. The molecule has 0 heterocycles. The van der Waals surface area contributed by atoms with Gasteiger partial charge in [0.25, 0.3) is 0 Å². The van der Waals surface area contributed by atoms with E-state index in [-0.39, 0.29) is 34.3 Å². The van der Waals surface area contributed by atoms with Crippen LogP contribution in [0.15, 0.2) is 12.1 Å². The fourth-order valence-corrected chi connectivity index (χ4v) is 1.39. The first kappa shape index (κ1) is 13.6. The highest BCUT2D eigenvalue weighted by Crippen LogP contribution is 2.29. The van der Waals surface area contributed by atoms with Gasteiger partial charge in [0.15, 0.2) is 0 Å². The Hall–Kier alpha value is -1.46. The standard InChI is InChI=1S/C10H10Cl2N2O3/c11-6-3-5(4-7(13)9(6)12)10(16)17-2-1-8(14)15/h3-4H,1-2,13H2,(H2,14,15). The van der Waals surface area contributed by atoms with E-state index >= 15 is 0 Å².